The van der Waals surface area contributed by atoms with Gasteiger partial charge in [0.2, 0.25) is 0 Å². The Morgan fingerprint density at radius 3 is 1.48 bits per heavy atom. The molecule has 6 aliphatic heterocycles. The first-order valence-electron chi connectivity index (χ1n) is 31.9. The number of nitrogens with one attached hydrogen (secondary N) is 5. The summed E-state index contributed by atoms with van der Waals surface area (Å²) in [7, 11) is -8.40. The molecule has 2 saturated carbocycles. The van der Waals surface area contributed by atoms with Crippen LogP contribution in [0.4, 0.5) is 38.7 Å². The van der Waals surface area contributed by atoms with Crippen LogP contribution in [0.15, 0.2) is 70.7 Å². The van der Waals surface area contributed by atoms with Crippen LogP contribution < -0.4 is 40.1 Å². The smallest absolute Gasteiger partial charge is 0.325 e. The van der Waals surface area contributed by atoms with Crippen LogP contribution in [0.1, 0.15) is 166 Å². The van der Waals surface area contributed by atoms with E-state index in [0.29, 0.717) is 90.4 Å². The predicted molar refractivity (Wildman–Crippen MR) is 347 cm³/mol. The molecule has 10 heterocycles. The molecule has 4 aromatic rings. The molecule has 0 aromatic carbocycles. The normalized spacial score (nSPS) is 24.6. The number of carbonyl (C=O) groups is 4. The monoisotopic (exact) mass is 1280 g/mol. The fourth-order valence-corrected chi connectivity index (χ4v) is 16.3. The number of fused-ring (bicyclic) bond motifs is 12. The van der Waals surface area contributed by atoms with Crippen LogP contribution >= 0.6 is 11.6 Å². The standard InChI is InChI=1S/C32H45N7O4S.C20H24ClN5O3S.C12H22N2O/c1-31(2)14-12-22(13-15-31)20-37-17-18-38(30(37)41)26-11-10-24-28(35-26)39-21-23(19-32(39,3)4)7-6-16-33-25-8-5-9-27(34-25)44(42,43)36-29(24)40;1-20(2)11-13-5-4-10-22-16-6-3-7-17(24-16)30(28,29)25-19(27)14-8-9-15(21)23-18(14)26(20)12-13;1-12(2)5-3-10(4-6-12)9-14-8-7-13-11(14)15/h5,8-11,22-23H,6-7,12-21H2,1-4H3,(H,33,34)(H,36,40);3,6-9,13H,4-5,10-12H2,1-2H3,(H,22,24)(H,25,27);10H,3-9H2,1-2H3,(H,13,15)/t23-;13-;/m00./s1. The lowest BCUT2D eigenvalue weighted by Crippen LogP contribution is -2.41. The van der Waals surface area contributed by atoms with Gasteiger partial charge in [-0.05, 0) is 201 Å². The second-order valence-corrected chi connectivity index (χ2v) is 32.2. The number of urea groups is 2. The van der Waals surface area contributed by atoms with Crippen molar-refractivity contribution >= 4 is 84.6 Å². The van der Waals surface area contributed by atoms with E-state index in [0.717, 1.165) is 90.0 Å². The fraction of sp³-hybridized carbons (Fsp3) is 0.625. The Balaban J connectivity index is 0.000000166. The quantitative estimate of drug-likeness (QED) is 0.116. The van der Waals surface area contributed by atoms with E-state index < -0.39 is 31.9 Å². The van der Waals surface area contributed by atoms with Gasteiger partial charge in [-0.2, -0.15) is 16.8 Å². The number of anilines is 5. The van der Waals surface area contributed by atoms with Crippen molar-refractivity contribution in [3.05, 3.63) is 76.9 Å². The second-order valence-electron chi connectivity index (χ2n) is 28.5. The number of pyridine rings is 4. The molecule has 484 valence electrons. The molecule has 89 heavy (non-hydrogen) atoms. The third kappa shape index (κ3) is 15.8. The number of sulfonamides is 2. The first-order chi connectivity index (χ1) is 42.0. The minimum atomic E-state index is -4.25. The SMILES string of the molecule is CC1(C)CCC(CN2CCN(c3ccc4c(n3)N3C[C@@H](CCCNc5cccc(n5)S(=O)(=O)NC4=O)CC3(C)C)C2=O)CC1.CC1(C)CCC(CN2CCNC2=O)CC1.CC1(C)C[C@@H]2CCCNc3cccc(n3)S(=O)(=O)NC(=O)c3ccc(Cl)nc3N1C2. The first kappa shape index (κ1) is 65.4. The third-order valence-corrected chi connectivity index (χ3v) is 22.1. The van der Waals surface area contributed by atoms with Crippen LogP contribution in [0, 0.1) is 34.5 Å². The summed E-state index contributed by atoms with van der Waals surface area (Å²) in [5, 5.41) is 9.05. The van der Waals surface area contributed by atoms with E-state index in [1.807, 2.05) is 9.80 Å². The highest BCUT2D eigenvalue weighted by Crippen LogP contribution is 2.44. The van der Waals surface area contributed by atoms with Crippen LogP contribution in [0.2, 0.25) is 5.15 Å². The van der Waals surface area contributed by atoms with Crippen molar-refractivity contribution in [2.24, 2.45) is 34.5 Å². The fourth-order valence-electron chi connectivity index (χ4n) is 14.2. The van der Waals surface area contributed by atoms with Gasteiger partial charge in [0, 0.05) is 76.5 Å². The molecule has 0 spiro atoms. The van der Waals surface area contributed by atoms with Crippen molar-refractivity contribution in [3.63, 3.8) is 0 Å². The van der Waals surface area contributed by atoms with E-state index in [1.165, 1.54) is 62.8 Å². The zero-order valence-corrected chi connectivity index (χ0v) is 55.4. The van der Waals surface area contributed by atoms with Crippen LogP contribution in [0.3, 0.4) is 0 Å². The van der Waals surface area contributed by atoms with Gasteiger partial charge >= 0.3 is 12.1 Å². The van der Waals surface area contributed by atoms with Crippen molar-refractivity contribution < 1.29 is 36.0 Å². The minimum Gasteiger partial charge on any atom is -0.370 e. The number of amides is 6. The summed E-state index contributed by atoms with van der Waals surface area (Å²) in [6.07, 6.45) is 15.4. The zero-order valence-electron chi connectivity index (χ0n) is 53.0. The molecule has 6 amide bonds. The Kier molecular flexibility index (Phi) is 19.4. The van der Waals surface area contributed by atoms with Gasteiger partial charge in [0.25, 0.3) is 31.9 Å². The van der Waals surface area contributed by atoms with Crippen molar-refractivity contribution in [3.8, 4) is 0 Å². The topological polar surface area (TPSA) is 264 Å². The average Bonchev–Trinajstić information content (AvgIpc) is 1.86. The van der Waals surface area contributed by atoms with Gasteiger partial charge in [-0.1, -0.05) is 51.4 Å². The molecular weight excluding hydrogens is 1190 g/mol. The van der Waals surface area contributed by atoms with Crippen LogP contribution in [0.5, 0.6) is 0 Å². The van der Waals surface area contributed by atoms with Gasteiger partial charge in [-0.15, -0.1) is 0 Å². The zero-order chi connectivity index (χ0) is 63.7. The number of aromatic nitrogens is 4. The van der Waals surface area contributed by atoms with Crippen LogP contribution in [0.25, 0.3) is 0 Å². The summed E-state index contributed by atoms with van der Waals surface area (Å²) in [6.45, 7) is 25.2. The van der Waals surface area contributed by atoms with Gasteiger partial charge in [-0.3, -0.25) is 14.5 Å². The van der Waals surface area contributed by atoms with Crippen LogP contribution in [-0.4, -0.2) is 147 Å². The van der Waals surface area contributed by atoms with Crippen molar-refractivity contribution in [1.82, 2.24) is 44.5 Å². The molecule has 0 radical (unpaired) electrons. The van der Waals surface area contributed by atoms with Crippen molar-refractivity contribution in [2.45, 2.75) is 166 Å². The van der Waals surface area contributed by atoms with E-state index in [2.05, 4.69) is 106 Å². The maximum atomic E-state index is 13.7. The van der Waals surface area contributed by atoms with Gasteiger partial charge < -0.3 is 35.6 Å². The molecule has 0 unspecified atom stereocenters. The van der Waals surface area contributed by atoms with E-state index in [-0.39, 0.29) is 49.5 Å². The Bertz CT molecular complexity index is 3490. The first-order valence-corrected chi connectivity index (χ1v) is 35.3. The largest absolute Gasteiger partial charge is 0.370 e. The molecular formula is C64H91ClN14O8S2. The maximum Gasteiger partial charge on any atom is 0.325 e. The van der Waals surface area contributed by atoms with E-state index in [4.69, 9.17) is 16.6 Å². The number of hydrogen-bond acceptors (Lipinski definition) is 16. The highest BCUT2D eigenvalue weighted by Gasteiger charge is 2.44. The Morgan fingerprint density at radius 2 is 1.00 bits per heavy atom. The van der Waals surface area contributed by atoms with E-state index in [1.54, 1.807) is 41.3 Å². The molecule has 5 N–H and O–H groups in total. The lowest BCUT2D eigenvalue weighted by molar-refractivity contribution is 0.0972. The number of hydrogen-bond donors (Lipinski definition) is 5. The number of carbonyl (C=O) groups excluding carboxylic acids is 4. The van der Waals surface area contributed by atoms with Gasteiger partial charge in [0.05, 0.1) is 11.1 Å². The highest BCUT2D eigenvalue weighted by molar-refractivity contribution is 7.90. The summed E-state index contributed by atoms with van der Waals surface area (Å²) in [6, 6.07) is 15.7. The van der Waals surface area contributed by atoms with E-state index in [9.17, 15) is 36.0 Å². The molecule has 4 aromatic heterocycles. The second kappa shape index (κ2) is 26.4. The summed E-state index contributed by atoms with van der Waals surface area (Å²) >= 11 is 6.14. The highest BCUT2D eigenvalue weighted by atomic mass is 35.5. The molecule has 8 aliphatic rings. The summed E-state index contributed by atoms with van der Waals surface area (Å²) in [5.41, 5.74) is 0.665. The Morgan fingerprint density at radius 1 is 0.528 bits per heavy atom. The van der Waals surface area contributed by atoms with Gasteiger partial charge in [0.1, 0.15) is 34.2 Å². The maximum absolute atomic E-state index is 13.7. The van der Waals surface area contributed by atoms with Crippen molar-refractivity contribution in [2.75, 3.05) is 90.8 Å². The number of halogens is 1. The molecule has 12 rings (SSSR count). The molecule has 4 saturated heterocycles. The Labute approximate surface area is 531 Å². The van der Waals surface area contributed by atoms with Crippen molar-refractivity contribution in [1.29, 1.82) is 0 Å². The van der Waals surface area contributed by atoms with Gasteiger partial charge in [-0.25, -0.2) is 39.0 Å². The lowest BCUT2D eigenvalue weighted by atomic mass is 9.73. The molecule has 8 bridgehead atoms. The van der Waals surface area contributed by atoms with Gasteiger partial charge in [0.15, 0.2) is 10.1 Å². The predicted octanol–water partition coefficient (Wildman–Crippen LogP) is 10.2. The van der Waals surface area contributed by atoms with E-state index >= 15 is 0 Å². The molecule has 25 heteroatoms. The number of rotatable bonds is 5. The minimum absolute atomic E-state index is 0.0662. The molecule has 2 atom stereocenters. The summed E-state index contributed by atoms with van der Waals surface area (Å²) in [4.78, 5) is 79.2. The molecule has 22 nitrogen and oxygen atoms in total. The third-order valence-electron chi connectivity index (χ3n) is 19.5. The number of nitrogens with zero attached hydrogens (tertiary/aromatic N) is 9. The summed E-state index contributed by atoms with van der Waals surface area (Å²) < 4.78 is 56.4. The van der Waals surface area contributed by atoms with Crippen LogP contribution in [-0.2, 0) is 20.0 Å². The molecule has 2 aliphatic carbocycles. The lowest BCUT2D eigenvalue weighted by Gasteiger charge is -2.36. The Hall–Kier alpha value is -6.53. The average molecular weight is 1280 g/mol. The summed E-state index contributed by atoms with van der Waals surface area (Å²) in [5.74, 6) is 2.69. The molecule has 6 fully saturated rings.